The third kappa shape index (κ3) is 6.87. The van der Waals surface area contributed by atoms with Crippen LogP contribution in [0, 0.1) is 9.41 Å². The number of ether oxygens (including phenoxy) is 2. The molecule has 0 amide bonds. The number of carbonyl (C=O) groups excluding carboxylic acids is 1. The average Bonchev–Trinajstić information content (AvgIpc) is 3.01. The van der Waals surface area contributed by atoms with Crippen molar-refractivity contribution in [2.24, 2.45) is 0 Å². The highest BCUT2D eigenvalue weighted by atomic mass is 32.1. The third-order valence-electron chi connectivity index (χ3n) is 5.29. The summed E-state index contributed by atoms with van der Waals surface area (Å²) in [7, 11) is -4.19. The molecule has 1 aliphatic heterocycles. The quantitative estimate of drug-likeness (QED) is 0.193. The first-order valence-corrected chi connectivity index (χ1v) is 13.5. The van der Waals surface area contributed by atoms with E-state index >= 15 is 0 Å². The number of esters is 1. The van der Waals surface area contributed by atoms with Crippen LogP contribution in [0.15, 0.2) is 42.6 Å². The Balaban J connectivity index is 1.80. The maximum atomic E-state index is 13.6. The van der Waals surface area contributed by atoms with Crippen molar-refractivity contribution in [1.82, 2.24) is 14.6 Å². The summed E-state index contributed by atoms with van der Waals surface area (Å²) < 4.78 is 37.9. The van der Waals surface area contributed by atoms with Crippen molar-refractivity contribution in [1.29, 1.82) is 0 Å². The molecule has 36 heavy (non-hydrogen) atoms. The molecule has 2 heterocycles. The summed E-state index contributed by atoms with van der Waals surface area (Å²) in [6, 6.07) is 8.76. The molecule has 6 atom stereocenters. The van der Waals surface area contributed by atoms with E-state index in [1.807, 2.05) is 0 Å². The van der Waals surface area contributed by atoms with E-state index in [0.717, 1.165) is 0 Å². The molecular formula is C22H30N3O8PS2. The lowest BCUT2D eigenvalue weighted by molar-refractivity contribution is -0.149. The van der Waals surface area contributed by atoms with E-state index in [2.05, 4.69) is 10.1 Å². The number of aromatic amines is 1. The molecule has 0 saturated carbocycles. The highest BCUT2D eigenvalue weighted by Crippen LogP contribution is 2.47. The Bertz CT molecular complexity index is 1220. The monoisotopic (exact) mass is 559 g/mol. The normalized spacial score (nSPS) is 26.4. The highest BCUT2D eigenvalue weighted by Gasteiger charge is 2.53. The molecule has 1 aromatic carbocycles. The minimum Gasteiger partial charge on any atom is -0.462 e. The number of rotatable bonds is 10. The molecule has 1 saturated heterocycles. The first-order chi connectivity index (χ1) is 16.8. The molecule has 4 N–H and O–H groups in total. The minimum absolute atomic E-state index is 0.179. The van der Waals surface area contributed by atoms with Gasteiger partial charge in [-0.3, -0.25) is 13.9 Å². The van der Waals surface area contributed by atoms with Gasteiger partial charge in [0.15, 0.2) is 11.0 Å². The number of para-hydroxylation sites is 1. The fourth-order valence-corrected chi connectivity index (χ4v) is 5.49. The van der Waals surface area contributed by atoms with Gasteiger partial charge in [-0.1, -0.05) is 30.4 Å². The van der Waals surface area contributed by atoms with Gasteiger partial charge in [-0.15, -0.1) is 0 Å². The number of hydrogen-bond acceptors (Lipinski definition) is 10. The summed E-state index contributed by atoms with van der Waals surface area (Å²) in [5.41, 5.74) is -1.78. The van der Waals surface area contributed by atoms with Crippen molar-refractivity contribution in [2.75, 3.05) is 6.61 Å². The van der Waals surface area contributed by atoms with E-state index in [4.69, 9.17) is 43.0 Å². The Morgan fingerprint density at radius 2 is 1.94 bits per heavy atom. The van der Waals surface area contributed by atoms with Crippen LogP contribution in [0.4, 0.5) is 0 Å². The van der Waals surface area contributed by atoms with Gasteiger partial charge in [-0.25, -0.2) is 4.57 Å². The molecule has 0 spiro atoms. The number of nitrogens with one attached hydrogen (secondary N) is 2. The summed E-state index contributed by atoms with van der Waals surface area (Å²) in [4.78, 5) is 15.1. The lowest BCUT2D eigenvalue weighted by Gasteiger charge is -2.28. The molecule has 0 aliphatic carbocycles. The number of nitrogens with zero attached hydrogens (tertiary/aromatic N) is 1. The molecule has 11 nitrogen and oxygen atoms in total. The number of carbonyl (C=O) groups is 1. The first-order valence-electron chi connectivity index (χ1n) is 11.2. The molecule has 0 bridgehead atoms. The molecular weight excluding hydrogens is 529 g/mol. The Hall–Kier alpha value is -1.96. The number of hydrogen-bond donors (Lipinski definition) is 4. The van der Waals surface area contributed by atoms with Gasteiger partial charge in [0, 0.05) is 6.20 Å². The van der Waals surface area contributed by atoms with Crippen LogP contribution in [0.5, 0.6) is 5.75 Å². The van der Waals surface area contributed by atoms with Crippen LogP contribution < -0.4 is 9.61 Å². The molecule has 1 aliphatic rings. The second-order valence-electron chi connectivity index (χ2n) is 8.75. The van der Waals surface area contributed by atoms with Crippen molar-refractivity contribution in [3.05, 3.63) is 52.0 Å². The van der Waals surface area contributed by atoms with E-state index in [-0.39, 0.29) is 16.6 Å². The fraction of sp³-hybridized carbons (Fsp3) is 0.500. The average molecular weight is 560 g/mol. The number of aliphatic hydroxyl groups excluding tert-OH is 1. The predicted octanol–water partition coefficient (Wildman–Crippen LogP) is 3.42. The summed E-state index contributed by atoms with van der Waals surface area (Å²) >= 11 is 10.3. The second-order valence-corrected chi connectivity index (χ2v) is 11.3. The molecule has 2 aromatic rings. The zero-order valence-corrected chi connectivity index (χ0v) is 22.7. The first kappa shape index (κ1) is 28.6. The van der Waals surface area contributed by atoms with E-state index in [9.17, 15) is 19.6 Å². The largest absolute Gasteiger partial charge is 0.462 e. The van der Waals surface area contributed by atoms with E-state index in [1.165, 1.54) is 24.6 Å². The number of benzene rings is 1. The molecule has 198 valence electrons. The van der Waals surface area contributed by atoms with Crippen molar-refractivity contribution < 1.29 is 38.1 Å². The van der Waals surface area contributed by atoms with Gasteiger partial charge in [0.25, 0.3) is 0 Å². The van der Waals surface area contributed by atoms with E-state index in [1.54, 1.807) is 50.2 Å². The van der Waals surface area contributed by atoms with Gasteiger partial charge in [0.1, 0.15) is 34.2 Å². The second kappa shape index (κ2) is 11.6. The van der Waals surface area contributed by atoms with Crippen LogP contribution >= 0.6 is 32.2 Å². The number of aromatic nitrogens is 2. The maximum absolute atomic E-state index is 13.6. The van der Waals surface area contributed by atoms with Gasteiger partial charge in [0.05, 0.1) is 12.7 Å². The van der Waals surface area contributed by atoms with Crippen molar-refractivity contribution in [2.45, 2.75) is 63.9 Å². The van der Waals surface area contributed by atoms with Crippen LogP contribution in [0.1, 0.15) is 33.9 Å². The minimum atomic E-state index is -4.19. The zero-order chi connectivity index (χ0) is 26.7. The Morgan fingerprint density at radius 3 is 2.56 bits per heavy atom. The van der Waals surface area contributed by atoms with Gasteiger partial charge in [-0.2, -0.15) is 5.09 Å². The standard InChI is InChI=1S/C22H30N3O8PS2/c1-13(2)31-19(27)14(3)24-34(29,33-15-8-6-5-7-9-15)30-12-16-18(26)22(4,28)20(32-16)25-11-10-17(35)23-21(25)36/h5-11,13-14,16,18,20,26,28H,12H2,1-4H3,(H,24,29)(H,23,35,36)/t14-,16+,18?,20+,22?,34?/m0/s1. The van der Waals surface area contributed by atoms with Crippen LogP contribution in [0.25, 0.3) is 0 Å². The lowest BCUT2D eigenvalue weighted by atomic mass is 9.96. The molecule has 1 fully saturated rings. The molecule has 3 rings (SSSR count). The van der Waals surface area contributed by atoms with Crippen LogP contribution in [-0.4, -0.2) is 62.3 Å². The molecule has 1 aromatic heterocycles. The Morgan fingerprint density at radius 1 is 1.28 bits per heavy atom. The summed E-state index contributed by atoms with van der Waals surface area (Å²) in [6.45, 7) is 5.77. The molecule has 14 heteroatoms. The zero-order valence-electron chi connectivity index (χ0n) is 20.2. The van der Waals surface area contributed by atoms with Crippen molar-refractivity contribution >= 4 is 38.2 Å². The van der Waals surface area contributed by atoms with E-state index < -0.39 is 50.4 Å². The van der Waals surface area contributed by atoms with Gasteiger partial charge >= 0.3 is 13.7 Å². The van der Waals surface area contributed by atoms with Crippen LogP contribution in [0.2, 0.25) is 0 Å². The lowest BCUT2D eigenvalue weighted by Crippen LogP contribution is -2.44. The Labute approximate surface area is 219 Å². The SMILES string of the molecule is CC(C)OC(=O)[C@H](C)NP(=O)(OC[C@H]1O[C@@H](n2ccc(=S)[nH]c2=S)C(C)(O)C1O)Oc1ccccc1. The van der Waals surface area contributed by atoms with Crippen molar-refractivity contribution in [3.63, 3.8) is 0 Å². The van der Waals surface area contributed by atoms with Gasteiger partial charge in [0.2, 0.25) is 0 Å². The third-order valence-corrected chi connectivity index (χ3v) is 7.49. The fourth-order valence-electron chi connectivity index (χ4n) is 3.50. The maximum Gasteiger partial charge on any atom is 0.459 e. The summed E-state index contributed by atoms with van der Waals surface area (Å²) in [5, 5.41) is 24.3. The molecule has 0 radical (unpaired) electrons. The Kier molecular flexibility index (Phi) is 9.23. The van der Waals surface area contributed by atoms with Crippen LogP contribution in [-0.2, 0) is 23.4 Å². The predicted molar refractivity (Wildman–Crippen MR) is 135 cm³/mol. The van der Waals surface area contributed by atoms with E-state index in [0.29, 0.717) is 4.64 Å². The highest BCUT2D eigenvalue weighted by molar-refractivity contribution is 7.72. The number of aliphatic hydroxyl groups is 2. The summed E-state index contributed by atoms with van der Waals surface area (Å²) in [6.07, 6.45) is -2.51. The summed E-state index contributed by atoms with van der Waals surface area (Å²) in [5.74, 6) is -0.428. The van der Waals surface area contributed by atoms with Crippen molar-refractivity contribution in [3.8, 4) is 5.75 Å². The van der Waals surface area contributed by atoms with Gasteiger partial charge < -0.3 is 29.2 Å². The smallest absolute Gasteiger partial charge is 0.459 e. The van der Waals surface area contributed by atoms with Crippen LogP contribution in [0.3, 0.4) is 0 Å². The topological polar surface area (TPSA) is 144 Å². The van der Waals surface area contributed by atoms with Gasteiger partial charge in [-0.05, 0) is 58.1 Å². The molecule has 3 unspecified atom stereocenters. The number of H-pyrrole nitrogens is 1.